The average molecular weight is 442 g/mol. The molecule has 2 aromatic carbocycles. The van der Waals surface area contributed by atoms with Crippen LogP contribution in [0.4, 0.5) is 13.9 Å². The Hall–Kier alpha value is -3.13. The van der Waals surface area contributed by atoms with Crippen LogP contribution in [0.2, 0.25) is 0 Å². The van der Waals surface area contributed by atoms with Crippen LogP contribution in [0.5, 0.6) is 0 Å². The molecule has 1 aliphatic rings. The van der Waals surface area contributed by atoms with E-state index in [0.29, 0.717) is 30.2 Å². The number of aryl methyl sites for hydroxylation is 1. The highest BCUT2D eigenvalue weighted by atomic mass is 32.1. The predicted molar refractivity (Wildman–Crippen MR) is 115 cm³/mol. The van der Waals surface area contributed by atoms with E-state index in [1.165, 1.54) is 17.4 Å². The third-order valence-electron chi connectivity index (χ3n) is 5.23. The van der Waals surface area contributed by atoms with Gasteiger partial charge in [-0.25, -0.2) is 13.8 Å². The number of hydrogen-bond acceptors (Lipinski definition) is 4. The van der Waals surface area contributed by atoms with Crippen LogP contribution in [0.15, 0.2) is 48.7 Å². The molecule has 1 fully saturated rings. The molecule has 8 heteroatoms. The van der Waals surface area contributed by atoms with Gasteiger partial charge in [0.25, 0.3) is 0 Å². The number of thiazole rings is 1. The largest absolute Gasteiger partial charge is 0.338 e. The molecular formula is C23H21F2N3O2S. The van der Waals surface area contributed by atoms with E-state index < -0.39 is 17.6 Å². The number of rotatable bonds is 6. The summed E-state index contributed by atoms with van der Waals surface area (Å²) < 4.78 is 26.4. The third kappa shape index (κ3) is 5.14. The maximum absolute atomic E-state index is 13.4. The topological polar surface area (TPSA) is 62.3 Å². The molecule has 31 heavy (non-hydrogen) atoms. The Kier molecular flexibility index (Phi) is 6.08. The molecule has 1 saturated heterocycles. The molecule has 0 bridgehead atoms. The van der Waals surface area contributed by atoms with Gasteiger partial charge >= 0.3 is 0 Å². The SMILES string of the molecule is Cc1ccc(CN2C[C@@H](C(=O)Nc3ncc(Cc4ccc(F)c(F)c4)s3)CC2=O)cc1. The summed E-state index contributed by atoms with van der Waals surface area (Å²) in [6.07, 6.45) is 2.16. The molecule has 2 amide bonds. The number of carbonyl (C=O) groups is 2. The lowest BCUT2D eigenvalue weighted by Crippen LogP contribution is -2.28. The number of aromatic nitrogens is 1. The average Bonchev–Trinajstić information content (AvgIpc) is 3.33. The Labute approximate surface area is 182 Å². The standard InChI is InChI=1S/C23H21F2N3O2S/c1-14-2-4-15(5-3-14)12-28-13-17(10-21(28)29)22(30)27-23-26-11-18(31-23)8-16-6-7-19(24)20(25)9-16/h2-7,9,11,17H,8,10,12-13H2,1H3,(H,26,27,30)/t17-/m0/s1. The van der Waals surface area contributed by atoms with Crippen LogP contribution in [-0.4, -0.2) is 28.2 Å². The van der Waals surface area contributed by atoms with Crippen molar-refractivity contribution in [3.8, 4) is 0 Å². The van der Waals surface area contributed by atoms with Crippen LogP contribution >= 0.6 is 11.3 Å². The number of benzene rings is 2. The Morgan fingerprint density at radius 3 is 2.65 bits per heavy atom. The van der Waals surface area contributed by atoms with E-state index in [0.717, 1.165) is 28.1 Å². The van der Waals surface area contributed by atoms with E-state index in [2.05, 4.69) is 10.3 Å². The Bertz CT molecular complexity index is 1110. The van der Waals surface area contributed by atoms with Crippen molar-refractivity contribution in [2.24, 2.45) is 5.92 Å². The smallest absolute Gasteiger partial charge is 0.231 e. The highest BCUT2D eigenvalue weighted by Gasteiger charge is 2.34. The Balaban J connectivity index is 1.33. The van der Waals surface area contributed by atoms with E-state index in [1.54, 1.807) is 11.1 Å². The zero-order chi connectivity index (χ0) is 22.0. The number of nitrogens with zero attached hydrogens (tertiary/aromatic N) is 2. The number of hydrogen-bond donors (Lipinski definition) is 1. The molecule has 0 spiro atoms. The number of nitrogens with one attached hydrogen (secondary N) is 1. The first-order valence-electron chi connectivity index (χ1n) is 9.90. The fraction of sp³-hybridized carbons (Fsp3) is 0.261. The van der Waals surface area contributed by atoms with Crippen LogP contribution in [0.3, 0.4) is 0 Å². The van der Waals surface area contributed by atoms with E-state index in [4.69, 9.17) is 0 Å². The molecule has 3 aromatic rings. The van der Waals surface area contributed by atoms with Gasteiger partial charge < -0.3 is 10.2 Å². The minimum Gasteiger partial charge on any atom is -0.338 e. The maximum Gasteiger partial charge on any atom is 0.231 e. The molecular weight excluding hydrogens is 420 g/mol. The molecule has 0 unspecified atom stereocenters. The van der Waals surface area contributed by atoms with Crippen molar-refractivity contribution in [2.75, 3.05) is 11.9 Å². The summed E-state index contributed by atoms with van der Waals surface area (Å²) in [6.45, 7) is 2.86. The highest BCUT2D eigenvalue weighted by molar-refractivity contribution is 7.15. The number of carbonyl (C=O) groups excluding carboxylic acids is 2. The minimum absolute atomic E-state index is 0.0427. The van der Waals surface area contributed by atoms with Gasteiger partial charge in [0.05, 0.1) is 5.92 Å². The monoisotopic (exact) mass is 441 g/mol. The molecule has 2 heterocycles. The van der Waals surface area contributed by atoms with Gasteiger partial charge in [-0.3, -0.25) is 9.59 Å². The number of likely N-dealkylation sites (tertiary alicyclic amines) is 1. The molecule has 5 nitrogen and oxygen atoms in total. The van der Waals surface area contributed by atoms with Gasteiger partial charge in [-0.15, -0.1) is 11.3 Å². The lowest BCUT2D eigenvalue weighted by molar-refractivity contribution is -0.128. The highest BCUT2D eigenvalue weighted by Crippen LogP contribution is 2.25. The van der Waals surface area contributed by atoms with Gasteiger partial charge in [-0.05, 0) is 30.2 Å². The number of amides is 2. The van der Waals surface area contributed by atoms with E-state index in [1.807, 2.05) is 31.2 Å². The predicted octanol–water partition coefficient (Wildman–Crippen LogP) is 4.31. The first-order valence-corrected chi connectivity index (χ1v) is 10.7. The summed E-state index contributed by atoms with van der Waals surface area (Å²) in [6, 6.07) is 11.7. The van der Waals surface area contributed by atoms with Crippen LogP contribution in [-0.2, 0) is 22.6 Å². The summed E-state index contributed by atoms with van der Waals surface area (Å²) in [7, 11) is 0. The Morgan fingerprint density at radius 2 is 1.90 bits per heavy atom. The van der Waals surface area contributed by atoms with Gasteiger partial charge in [0.2, 0.25) is 11.8 Å². The van der Waals surface area contributed by atoms with Crippen molar-refractivity contribution in [1.82, 2.24) is 9.88 Å². The quantitative estimate of drug-likeness (QED) is 0.620. The molecule has 160 valence electrons. The molecule has 0 radical (unpaired) electrons. The summed E-state index contributed by atoms with van der Waals surface area (Å²) in [5.74, 6) is -2.50. The number of anilines is 1. The van der Waals surface area contributed by atoms with Crippen molar-refractivity contribution in [3.05, 3.63) is 81.9 Å². The van der Waals surface area contributed by atoms with Crippen LogP contribution in [0, 0.1) is 24.5 Å². The van der Waals surface area contributed by atoms with Crippen LogP contribution in [0.25, 0.3) is 0 Å². The normalized spacial score (nSPS) is 16.0. The molecule has 4 rings (SSSR count). The zero-order valence-electron chi connectivity index (χ0n) is 16.9. The van der Waals surface area contributed by atoms with E-state index >= 15 is 0 Å². The molecule has 0 aliphatic carbocycles. The second-order valence-electron chi connectivity index (χ2n) is 7.71. The summed E-state index contributed by atoms with van der Waals surface area (Å²) >= 11 is 1.27. The van der Waals surface area contributed by atoms with E-state index in [-0.39, 0.29) is 18.2 Å². The summed E-state index contributed by atoms with van der Waals surface area (Å²) in [5, 5.41) is 3.20. The first kappa shape index (κ1) is 21.1. The van der Waals surface area contributed by atoms with Crippen molar-refractivity contribution < 1.29 is 18.4 Å². The van der Waals surface area contributed by atoms with Gasteiger partial charge in [0, 0.05) is 37.0 Å². The third-order valence-corrected chi connectivity index (χ3v) is 6.14. The molecule has 1 aliphatic heterocycles. The van der Waals surface area contributed by atoms with Crippen LogP contribution in [0.1, 0.15) is 28.0 Å². The summed E-state index contributed by atoms with van der Waals surface area (Å²) in [5.41, 5.74) is 2.80. The summed E-state index contributed by atoms with van der Waals surface area (Å²) in [4.78, 5) is 31.7. The lowest BCUT2D eigenvalue weighted by Gasteiger charge is -2.16. The maximum atomic E-state index is 13.4. The van der Waals surface area contributed by atoms with Gasteiger partial charge in [0.15, 0.2) is 16.8 Å². The number of halogens is 2. The molecule has 1 N–H and O–H groups in total. The van der Waals surface area contributed by atoms with Crippen molar-refractivity contribution in [1.29, 1.82) is 0 Å². The van der Waals surface area contributed by atoms with Crippen molar-refractivity contribution in [2.45, 2.75) is 26.3 Å². The van der Waals surface area contributed by atoms with Gasteiger partial charge in [-0.1, -0.05) is 35.9 Å². The second-order valence-corrected chi connectivity index (χ2v) is 8.82. The molecule has 1 atom stereocenters. The minimum atomic E-state index is -0.892. The zero-order valence-corrected chi connectivity index (χ0v) is 17.7. The molecule has 1 aromatic heterocycles. The van der Waals surface area contributed by atoms with Gasteiger partial charge in [0.1, 0.15) is 0 Å². The second kappa shape index (κ2) is 8.93. The fourth-order valence-corrected chi connectivity index (χ4v) is 4.37. The Morgan fingerprint density at radius 1 is 1.16 bits per heavy atom. The lowest BCUT2D eigenvalue weighted by atomic mass is 10.1. The first-order chi connectivity index (χ1) is 14.9. The van der Waals surface area contributed by atoms with Crippen LogP contribution < -0.4 is 5.32 Å². The van der Waals surface area contributed by atoms with E-state index in [9.17, 15) is 18.4 Å². The van der Waals surface area contributed by atoms with Crippen molar-refractivity contribution >= 4 is 28.3 Å². The van der Waals surface area contributed by atoms with Crippen molar-refractivity contribution in [3.63, 3.8) is 0 Å². The van der Waals surface area contributed by atoms with Gasteiger partial charge in [-0.2, -0.15) is 0 Å². The fourth-order valence-electron chi connectivity index (χ4n) is 3.52. The molecule has 0 saturated carbocycles.